The van der Waals surface area contributed by atoms with Gasteiger partial charge in [-0.1, -0.05) is 12.1 Å². The Bertz CT molecular complexity index is 839. The topological polar surface area (TPSA) is 81.5 Å². The standard InChI is InChI=1S/C13H8N2O4/c16-13-9-7-8(15(17)18)5-6-11(9)19-12-4-2-1-3-10(12)14-13/h1-7H,(H,14,16)/i5D,6D,7D. The lowest BCUT2D eigenvalue weighted by Crippen LogP contribution is -2.10. The van der Waals surface area contributed by atoms with Gasteiger partial charge in [0.2, 0.25) is 0 Å². The van der Waals surface area contributed by atoms with Crippen LogP contribution in [0, 0.1) is 10.1 Å². The number of anilines is 1. The lowest BCUT2D eigenvalue weighted by molar-refractivity contribution is -0.384. The Morgan fingerprint density at radius 2 is 2.05 bits per heavy atom. The van der Waals surface area contributed by atoms with Gasteiger partial charge in [0.25, 0.3) is 11.6 Å². The van der Waals surface area contributed by atoms with E-state index in [1.807, 2.05) is 0 Å². The van der Waals surface area contributed by atoms with Gasteiger partial charge in [-0.15, -0.1) is 0 Å². The molecule has 0 atom stereocenters. The van der Waals surface area contributed by atoms with E-state index >= 15 is 0 Å². The summed E-state index contributed by atoms with van der Waals surface area (Å²) in [6.07, 6.45) is 0. The highest BCUT2D eigenvalue weighted by Crippen LogP contribution is 2.36. The number of nitro benzene ring substituents is 1. The van der Waals surface area contributed by atoms with Crippen molar-refractivity contribution in [3.8, 4) is 11.5 Å². The van der Waals surface area contributed by atoms with E-state index in [0.717, 1.165) is 0 Å². The Labute approximate surface area is 112 Å². The third kappa shape index (κ3) is 1.89. The highest BCUT2D eigenvalue weighted by Gasteiger charge is 2.23. The maximum atomic E-state index is 12.2. The van der Waals surface area contributed by atoms with E-state index in [-0.39, 0.29) is 11.5 Å². The molecule has 19 heavy (non-hydrogen) atoms. The molecule has 0 unspecified atom stereocenters. The van der Waals surface area contributed by atoms with E-state index in [0.29, 0.717) is 5.69 Å². The van der Waals surface area contributed by atoms with Crippen molar-refractivity contribution in [2.24, 2.45) is 0 Å². The highest BCUT2D eigenvalue weighted by molar-refractivity contribution is 6.08. The Kier molecular flexibility index (Phi) is 1.78. The van der Waals surface area contributed by atoms with Gasteiger partial charge >= 0.3 is 0 Å². The SMILES string of the molecule is [2H]c1c([2H])c([N+](=O)[O-])c([2H])c2c1Oc1ccccc1NC2=O. The number of para-hydroxylation sites is 2. The first kappa shape index (κ1) is 8.25. The minimum atomic E-state index is -0.950. The molecule has 1 aliphatic heterocycles. The first-order chi connectivity index (χ1) is 10.4. The number of nitro groups is 1. The summed E-state index contributed by atoms with van der Waals surface area (Å²) in [5.74, 6) is -0.889. The molecule has 6 heteroatoms. The monoisotopic (exact) mass is 259 g/mol. The van der Waals surface area contributed by atoms with Crippen LogP contribution in [0.25, 0.3) is 0 Å². The van der Waals surface area contributed by atoms with E-state index in [1.54, 1.807) is 24.3 Å². The van der Waals surface area contributed by atoms with E-state index in [9.17, 15) is 14.9 Å². The molecule has 1 N–H and O–H groups in total. The maximum absolute atomic E-state index is 12.2. The molecule has 2 aromatic rings. The number of hydrogen-bond acceptors (Lipinski definition) is 4. The molecule has 0 bridgehead atoms. The predicted octanol–water partition coefficient (Wildman–Crippen LogP) is 2.95. The molecule has 0 spiro atoms. The van der Waals surface area contributed by atoms with E-state index in [4.69, 9.17) is 8.85 Å². The number of fused-ring (bicyclic) bond motifs is 2. The van der Waals surface area contributed by atoms with Crippen LogP contribution >= 0.6 is 0 Å². The summed E-state index contributed by atoms with van der Waals surface area (Å²) in [5, 5.41) is 13.5. The van der Waals surface area contributed by atoms with Crippen LogP contribution in [0.2, 0.25) is 0 Å². The second-order valence-corrected chi connectivity index (χ2v) is 3.74. The van der Waals surface area contributed by atoms with Crippen molar-refractivity contribution in [2.45, 2.75) is 0 Å². The molecule has 0 radical (unpaired) electrons. The Morgan fingerprint density at radius 3 is 2.84 bits per heavy atom. The van der Waals surface area contributed by atoms with Crippen LogP contribution in [-0.2, 0) is 0 Å². The fourth-order valence-electron chi connectivity index (χ4n) is 1.67. The number of carbonyl (C=O) groups is 1. The summed E-state index contributed by atoms with van der Waals surface area (Å²) in [7, 11) is 0. The lowest BCUT2D eigenvalue weighted by atomic mass is 10.1. The van der Waals surface area contributed by atoms with Crippen LogP contribution in [0.1, 0.15) is 14.5 Å². The molecule has 94 valence electrons. The van der Waals surface area contributed by atoms with Gasteiger partial charge in [-0.25, -0.2) is 0 Å². The molecule has 1 amide bonds. The zero-order valence-electron chi connectivity index (χ0n) is 12.4. The van der Waals surface area contributed by atoms with Crippen LogP contribution in [0.4, 0.5) is 11.4 Å². The second kappa shape index (κ2) is 4.09. The summed E-state index contributed by atoms with van der Waals surface area (Å²) in [5.41, 5.74) is -1.01. The minimum Gasteiger partial charge on any atom is -0.454 e. The van der Waals surface area contributed by atoms with Gasteiger partial charge in [0.1, 0.15) is 5.75 Å². The van der Waals surface area contributed by atoms with Gasteiger partial charge in [-0.05, 0) is 18.2 Å². The quantitative estimate of drug-likeness (QED) is 0.630. The fourth-order valence-corrected chi connectivity index (χ4v) is 1.67. The fraction of sp³-hybridized carbons (Fsp3) is 0. The lowest BCUT2D eigenvalue weighted by Gasteiger charge is -2.06. The predicted molar refractivity (Wildman–Crippen MR) is 67.6 cm³/mol. The maximum Gasteiger partial charge on any atom is 0.270 e. The van der Waals surface area contributed by atoms with Crippen molar-refractivity contribution in [1.82, 2.24) is 0 Å². The number of nitrogens with zero attached hydrogens (tertiary/aromatic N) is 1. The average Bonchev–Trinajstić information content (AvgIpc) is 2.60. The Balaban J connectivity index is 2.34. The van der Waals surface area contributed by atoms with Crippen LogP contribution in [0.3, 0.4) is 0 Å². The first-order valence-electron chi connectivity index (χ1n) is 6.78. The van der Waals surface area contributed by atoms with Crippen LogP contribution in [-0.4, -0.2) is 10.8 Å². The molecule has 1 aliphatic rings. The molecule has 0 saturated carbocycles. The molecule has 1 heterocycles. The van der Waals surface area contributed by atoms with E-state index in [2.05, 4.69) is 5.32 Å². The normalized spacial score (nSPS) is 14.7. The smallest absolute Gasteiger partial charge is 0.270 e. The van der Waals surface area contributed by atoms with Crippen LogP contribution in [0.5, 0.6) is 11.5 Å². The van der Waals surface area contributed by atoms with Crippen molar-refractivity contribution < 1.29 is 18.6 Å². The molecule has 0 fully saturated rings. The number of nitrogens with one attached hydrogen (secondary N) is 1. The third-order valence-corrected chi connectivity index (χ3v) is 2.52. The van der Waals surface area contributed by atoms with Gasteiger partial charge in [-0.2, -0.15) is 0 Å². The Hall–Kier alpha value is -2.89. The number of rotatable bonds is 1. The molecule has 2 aromatic carbocycles. The highest BCUT2D eigenvalue weighted by atomic mass is 16.6. The average molecular weight is 259 g/mol. The number of amides is 1. The number of benzene rings is 2. The zero-order chi connectivity index (χ0) is 16.0. The van der Waals surface area contributed by atoms with Gasteiger partial charge in [0, 0.05) is 12.1 Å². The largest absolute Gasteiger partial charge is 0.454 e. The molecule has 3 rings (SSSR count). The minimum absolute atomic E-state index is 0.232. The zero-order valence-corrected chi connectivity index (χ0v) is 9.39. The number of carbonyl (C=O) groups excluding carboxylic acids is 1. The van der Waals surface area contributed by atoms with Crippen LogP contribution in [0.15, 0.2) is 42.4 Å². The summed E-state index contributed by atoms with van der Waals surface area (Å²) in [4.78, 5) is 22.3. The molecular formula is C13H8N2O4. The van der Waals surface area contributed by atoms with Crippen molar-refractivity contribution in [1.29, 1.82) is 0 Å². The third-order valence-electron chi connectivity index (χ3n) is 2.52. The molecular weight excluding hydrogens is 248 g/mol. The van der Waals surface area contributed by atoms with E-state index in [1.165, 1.54) is 0 Å². The second-order valence-electron chi connectivity index (χ2n) is 3.74. The van der Waals surface area contributed by atoms with Gasteiger partial charge < -0.3 is 10.1 Å². The number of ether oxygens (including phenoxy) is 1. The van der Waals surface area contributed by atoms with Gasteiger partial charge in [-0.3, -0.25) is 14.9 Å². The molecule has 0 aromatic heterocycles. The molecule has 6 nitrogen and oxygen atoms in total. The van der Waals surface area contributed by atoms with Crippen LogP contribution < -0.4 is 10.1 Å². The number of hydrogen-bond donors (Lipinski definition) is 1. The van der Waals surface area contributed by atoms with Crippen molar-refractivity contribution >= 4 is 17.3 Å². The molecule has 0 saturated heterocycles. The Morgan fingerprint density at radius 1 is 1.26 bits per heavy atom. The molecule has 0 aliphatic carbocycles. The summed E-state index contributed by atoms with van der Waals surface area (Å²) < 4.78 is 28.8. The summed E-state index contributed by atoms with van der Waals surface area (Å²) in [6, 6.07) is 4.28. The van der Waals surface area contributed by atoms with Crippen molar-refractivity contribution in [3.63, 3.8) is 0 Å². The van der Waals surface area contributed by atoms with E-state index < -0.39 is 40.2 Å². The summed E-state index contributed by atoms with van der Waals surface area (Å²) in [6.45, 7) is 0. The first-order valence-corrected chi connectivity index (χ1v) is 5.28. The van der Waals surface area contributed by atoms with Gasteiger partial charge in [0.15, 0.2) is 5.75 Å². The van der Waals surface area contributed by atoms with Crippen molar-refractivity contribution in [3.05, 3.63) is 58.1 Å². The summed E-state index contributed by atoms with van der Waals surface area (Å²) >= 11 is 0. The van der Waals surface area contributed by atoms with Crippen molar-refractivity contribution in [2.75, 3.05) is 5.32 Å². The van der Waals surface area contributed by atoms with Gasteiger partial charge in [0.05, 0.1) is 20.3 Å².